The van der Waals surface area contributed by atoms with E-state index in [-0.39, 0.29) is 11.7 Å². The van der Waals surface area contributed by atoms with Crippen LogP contribution in [-0.4, -0.2) is 11.7 Å². The van der Waals surface area contributed by atoms with Crippen LogP contribution in [0.3, 0.4) is 0 Å². The summed E-state index contributed by atoms with van der Waals surface area (Å²) in [5, 5.41) is 2.96. The average Bonchev–Trinajstić information content (AvgIpc) is 2.64. The molecule has 4 heteroatoms. The highest BCUT2D eigenvalue weighted by atomic mass is 32.2. The number of rotatable bonds is 6. The van der Waals surface area contributed by atoms with E-state index in [4.69, 9.17) is 0 Å². The summed E-state index contributed by atoms with van der Waals surface area (Å²) in [4.78, 5) is 12.8. The molecule has 3 aromatic carbocycles. The first-order valence-corrected chi connectivity index (χ1v) is 9.04. The largest absolute Gasteiger partial charge is 0.325 e. The van der Waals surface area contributed by atoms with Gasteiger partial charge in [-0.3, -0.25) is 4.79 Å². The van der Waals surface area contributed by atoms with E-state index < -0.39 is 0 Å². The van der Waals surface area contributed by atoms with Crippen molar-refractivity contribution in [3.8, 4) is 11.1 Å². The molecule has 0 heterocycles. The molecule has 0 fully saturated rings. The van der Waals surface area contributed by atoms with Gasteiger partial charge in [0, 0.05) is 28.3 Å². The Morgan fingerprint density at radius 1 is 0.880 bits per heavy atom. The van der Waals surface area contributed by atoms with Gasteiger partial charge in [0.05, 0.1) is 0 Å². The van der Waals surface area contributed by atoms with Crippen LogP contribution in [0.15, 0.2) is 83.8 Å². The smallest absolute Gasteiger partial charge is 0.225 e. The average molecular weight is 351 g/mol. The highest BCUT2D eigenvalue weighted by molar-refractivity contribution is 7.99. The maximum absolute atomic E-state index is 13.6. The fraction of sp³-hybridized carbons (Fsp3) is 0.0952. The molecule has 2 nitrogen and oxygen atoms in total. The molecule has 1 amide bonds. The van der Waals surface area contributed by atoms with Crippen molar-refractivity contribution in [1.29, 1.82) is 0 Å². The molecule has 1 N–H and O–H groups in total. The number of nitrogens with one attached hydrogen (secondary N) is 1. The van der Waals surface area contributed by atoms with Crippen molar-refractivity contribution in [3.05, 3.63) is 84.7 Å². The summed E-state index contributed by atoms with van der Waals surface area (Å²) < 4.78 is 13.6. The number of anilines is 1. The Morgan fingerprint density at radius 3 is 2.36 bits per heavy atom. The topological polar surface area (TPSA) is 29.1 Å². The molecule has 0 aliphatic carbocycles. The number of carbonyl (C=O) groups is 1. The van der Waals surface area contributed by atoms with Gasteiger partial charge >= 0.3 is 0 Å². The lowest BCUT2D eigenvalue weighted by molar-refractivity contribution is -0.115. The van der Waals surface area contributed by atoms with E-state index in [0.29, 0.717) is 17.1 Å². The number of para-hydroxylation sites is 1. The van der Waals surface area contributed by atoms with E-state index in [1.165, 1.54) is 17.8 Å². The monoisotopic (exact) mass is 351 g/mol. The van der Waals surface area contributed by atoms with Crippen molar-refractivity contribution in [1.82, 2.24) is 0 Å². The van der Waals surface area contributed by atoms with Crippen molar-refractivity contribution in [3.63, 3.8) is 0 Å². The Labute approximate surface area is 151 Å². The summed E-state index contributed by atoms with van der Waals surface area (Å²) in [7, 11) is 0. The molecule has 0 aromatic heterocycles. The third-order valence-corrected chi connectivity index (χ3v) is 4.76. The molecule has 0 saturated heterocycles. The van der Waals surface area contributed by atoms with Gasteiger partial charge in [0.25, 0.3) is 0 Å². The number of hydrogen-bond acceptors (Lipinski definition) is 2. The fourth-order valence-electron chi connectivity index (χ4n) is 2.49. The number of hydrogen-bond donors (Lipinski definition) is 1. The molecule has 0 saturated carbocycles. The van der Waals surface area contributed by atoms with Crippen LogP contribution in [0.4, 0.5) is 10.1 Å². The second-order valence-electron chi connectivity index (χ2n) is 5.49. The first-order chi connectivity index (χ1) is 12.2. The van der Waals surface area contributed by atoms with Crippen LogP contribution in [0.2, 0.25) is 0 Å². The number of benzene rings is 3. The summed E-state index contributed by atoms with van der Waals surface area (Å²) >= 11 is 1.35. The minimum Gasteiger partial charge on any atom is -0.325 e. The van der Waals surface area contributed by atoms with Gasteiger partial charge < -0.3 is 5.32 Å². The van der Waals surface area contributed by atoms with Crippen LogP contribution in [0, 0.1) is 5.82 Å². The third kappa shape index (κ3) is 4.70. The van der Waals surface area contributed by atoms with Crippen LogP contribution in [0.5, 0.6) is 0 Å². The normalized spacial score (nSPS) is 10.4. The van der Waals surface area contributed by atoms with Crippen LogP contribution >= 0.6 is 11.8 Å². The highest BCUT2D eigenvalue weighted by Gasteiger charge is 2.09. The van der Waals surface area contributed by atoms with Crippen LogP contribution in [-0.2, 0) is 4.79 Å². The van der Waals surface area contributed by atoms with Gasteiger partial charge in [-0.05, 0) is 23.8 Å². The number of carbonyl (C=O) groups excluding carboxylic acids is 1. The Hall–Kier alpha value is -2.59. The second-order valence-corrected chi connectivity index (χ2v) is 6.63. The predicted octanol–water partition coefficient (Wildman–Crippen LogP) is 5.61. The molecule has 0 radical (unpaired) electrons. The number of halogens is 1. The standard InChI is InChI=1S/C21H18FNOS/c22-18-11-5-7-13-20(18)25-15-14-21(24)23-19-12-6-4-10-17(19)16-8-2-1-3-9-16/h1-13H,14-15H2,(H,23,24). The van der Waals surface area contributed by atoms with Gasteiger partial charge in [0.2, 0.25) is 5.91 Å². The fourth-order valence-corrected chi connectivity index (χ4v) is 3.38. The molecule has 3 aromatic rings. The minimum atomic E-state index is -0.248. The van der Waals surface area contributed by atoms with E-state index >= 15 is 0 Å². The lowest BCUT2D eigenvalue weighted by atomic mass is 10.0. The van der Waals surface area contributed by atoms with Crippen molar-refractivity contribution < 1.29 is 9.18 Å². The molecule has 0 bridgehead atoms. The van der Waals surface area contributed by atoms with E-state index in [1.807, 2.05) is 54.6 Å². The molecule has 0 aliphatic heterocycles. The summed E-state index contributed by atoms with van der Waals surface area (Å²) in [6, 6.07) is 24.3. The van der Waals surface area contributed by atoms with E-state index in [1.54, 1.807) is 18.2 Å². The van der Waals surface area contributed by atoms with Gasteiger partial charge in [0.1, 0.15) is 5.82 Å². The Balaban J connectivity index is 1.61. The predicted molar refractivity (Wildman–Crippen MR) is 102 cm³/mol. The summed E-state index contributed by atoms with van der Waals surface area (Å²) in [5.41, 5.74) is 2.83. The maximum atomic E-state index is 13.6. The first-order valence-electron chi connectivity index (χ1n) is 8.05. The zero-order chi connectivity index (χ0) is 17.5. The van der Waals surface area contributed by atoms with Crippen molar-refractivity contribution in [2.45, 2.75) is 11.3 Å². The quantitative estimate of drug-likeness (QED) is 0.585. The SMILES string of the molecule is O=C(CCSc1ccccc1F)Nc1ccccc1-c1ccccc1. The highest BCUT2D eigenvalue weighted by Crippen LogP contribution is 2.28. The van der Waals surface area contributed by atoms with Gasteiger partial charge in [-0.2, -0.15) is 0 Å². The maximum Gasteiger partial charge on any atom is 0.225 e. The van der Waals surface area contributed by atoms with Gasteiger partial charge in [-0.25, -0.2) is 4.39 Å². The molecule has 0 unspecified atom stereocenters. The molecule has 0 spiro atoms. The Kier molecular flexibility index (Phi) is 5.86. The van der Waals surface area contributed by atoms with Crippen LogP contribution < -0.4 is 5.32 Å². The number of thioether (sulfide) groups is 1. The summed E-state index contributed by atoms with van der Waals surface area (Å²) in [5.74, 6) is 0.204. The van der Waals surface area contributed by atoms with Gasteiger partial charge in [-0.15, -0.1) is 11.8 Å². The molecule has 0 atom stereocenters. The van der Waals surface area contributed by atoms with E-state index in [9.17, 15) is 9.18 Å². The summed E-state index contributed by atoms with van der Waals surface area (Å²) in [6.45, 7) is 0. The first kappa shape index (κ1) is 17.2. The lowest BCUT2D eigenvalue weighted by Crippen LogP contribution is -2.12. The second kappa shape index (κ2) is 8.49. The Morgan fingerprint density at radius 2 is 1.56 bits per heavy atom. The molecular weight excluding hydrogens is 333 g/mol. The molecular formula is C21H18FNOS. The zero-order valence-corrected chi connectivity index (χ0v) is 14.4. The van der Waals surface area contributed by atoms with Crippen LogP contribution in [0.25, 0.3) is 11.1 Å². The van der Waals surface area contributed by atoms with E-state index in [0.717, 1.165) is 16.8 Å². The third-order valence-electron chi connectivity index (χ3n) is 3.71. The van der Waals surface area contributed by atoms with Crippen molar-refractivity contribution in [2.24, 2.45) is 0 Å². The van der Waals surface area contributed by atoms with E-state index in [2.05, 4.69) is 5.32 Å². The molecule has 3 rings (SSSR count). The number of amides is 1. The Bertz CT molecular complexity index is 851. The van der Waals surface area contributed by atoms with Gasteiger partial charge in [0.15, 0.2) is 0 Å². The molecule has 0 aliphatic rings. The molecule has 126 valence electrons. The van der Waals surface area contributed by atoms with Crippen molar-refractivity contribution in [2.75, 3.05) is 11.1 Å². The van der Waals surface area contributed by atoms with Crippen LogP contribution in [0.1, 0.15) is 6.42 Å². The summed E-state index contributed by atoms with van der Waals surface area (Å²) in [6.07, 6.45) is 0.322. The lowest BCUT2D eigenvalue weighted by Gasteiger charge is -2.11. The molecule has 25 heavy (non-hydrogen) atoms. The zero-order valence-electron chi connectivity index (χ0n) is 13.6. The minimum absolute atomic E-state index is 0.0766. The van der Waals surface area contributed by atoms with Crippen molar-refractivity contribution >= 4 is 23.4 Å². The van der Waals surface area contributed by atoms with Gasteiger partial charge in [-0.1, -0.05) is 60.7 Å².